The molecule has 0 saturated heterocycles. The second-order valence-corrected chi connectivity index (χ2v) is 8.12. The molecule has 165 valence electrons. The molecule has 0 saturated carbocycles. The van der Waals surface area contributed by atoms with Crippen LogP contribution in [0.3, 0.4) is 0 Å². The van der Waals surface area contributed by atoms with E-state index in [9.17, 15) is 0 Å². The van der Waals surface area contributed by atoms with Gasteiger partial charge in [-0.2, -0.15) is 0 Å². The molecule has 1 aliphatic carbocycles. The van der Waals surface area contributed by atoms with Crippen molar-refractivity contribution in [2.75, 3.05) is 0 Å². The Morgan fingerprint density at radius 1 is 0.735 bits per heavy atom. The summed E-state index contributed by atoms with van der Waals surface area (Å²) < 4.78 is 0. The molecule has 3 nitrogen and oxygen atoms in total. The van der Waals surface area contributed by atoms with Crippen molar-refractivity contribution < 1.29 is 20.1 Å². The Bertz CT molecular complexity index is 1670. The van der Waals surface area contributed by atoms with Crippen LogP contribution in [0, 0.1) is 13.0 Å². The summed E-state index contributed by atoms with van der Waals surface area (Å²) in [5.41, 5.74) is 8.83. The number of hydrogen-bond donors (Lipinski definition) is 0. The predicted octanol–water partition coefficient (Wildman–Crippen LogP) is 7.27. The molecule has 0 spiro atoms. The summed E-state index contributed by atoms with van der Waals surface area (Å²) in [4.78, 5) is 13.5. The molecule has 1 radical (unpaired) electrons. The second-order valence-electron chi connectivity index (χ2n) is 8.12. The molecule has 34 heavy (non-hydrogen) atoms. The second kappa shape index (κ2) is 9.26. The fourth-order valence-corrected chi connectivity index (χ4v) is 4.44. The fourth-order valence-electron chi connectivity index (χ4n) is 4.44. The topological polar surface area (TPSA) is 38.7 Å². The van der Waals surface area contributed by atoms with Gasteiger partial charge in [-0.3, -0.25) is 15.0 Å². The third kappa shape index (κ3) is 3.92. The normalized spacial score (nSPS) is 11.3. The predicted molar refractivity (Wildman–Crippen MR) is 137 cm³/mol. The van der Waals surface area contributed by atoms with Gasteiger partial charge in [0.15, 0.2) is 0 Å². The number of aryl methyl sites for hydroxylation is 1. The number of benzene rings is 3. The van der Waals surface area contributed by atoms with E-state index in [0.29, 0.717) is 0 Å². The van der Waals surface area contributed by atoms with Crippen LogP contribution in [0.1, 0.15) is 16.7 Å². The van der Waals surface area contributed by atoms with Crippen LogP contribution in [-0.4, -0.2) is 15.0 Å². The summed E-state index contributed by atoms with van der Waals surface area (Å²) in [5, 5.41) is 3.60. The van der Waals surface area contributed by atoms with Crippen LogP contribution in [0.15, 0.2) is 91.3 Å². The summed E-state index contributed by atoms with van der Waals surface area (Å²) in [6, 6.07) is 29.8. The van der Waals surface area contributed by atoms with Crippen LogP contribution >= 0.6 is 0 Å². The van der Waals surface area contributed by atoms with Crippen LogP contribution in [0.2, 0.25) is 0 Å². The van der Waals surface area contributed by atoms with Gasteiger partial charge in [0, 0.05) is 48.7 Å². The SMILES string of the molecule is Cc1cc2cccnc2c2ncccc12.[Ir].[c-]1ccccc1-c1cc2c3c(cccc3n1)C=C2. The van der Waals surface area contributed by atoms with E-state index >= 15 is 0 Å². The number of pyridine rings is 3. The molecule has 0 aliphatic heterocycles. The number of rotatable bonds is 1. The van der Waals surface area contributed by atoms with Crippen molar-refractivity contribution in [3.05, 3.63) is 114 Å². The number of hydrogen-bond acceptors (Lipinski definition) is 3. The first kappa shape index (κ1) is 22.1. The van der Waals surface area contributed by atoms with Crippen LogP contribution < -0.4 is 0 Å². The molecule has 3 aromatic heterocycles. The van der Waals surface area contributed by atoms with Crippen molar-refractivity contribution in [3.8, 4) is 11.3 Å². The molecule has 0 unspecified atom stereocenters. The van der Waals surface area contributed by atoms with Crippen molar-refractivity contribution in [2.45, 2.75) is 6.92 Å². The zero-order valence-electron chi connectivity index (χ0n) is 18.5. The minimum absolute atomic E-state index is 0. The van der Waals surface area contributed by atoms with E-state index in [0.717, 1.165) is 33.2 Å². The smallest absolute Gasteiger partial charge is 0.0967 e. The maximum atomic E-state index is 4.74. The van der Waals surface area contributed by atoms with Gasteiger partial charge in [-0.05, 0) is 53.6 Å². The molecule has 1 aliphatic rings. The van der Waals surface area contributed by atoms with Crippen LogP contribution in [0.4, 0.5) is 0 Å². The fraction of sp³-hybridized carbons (Fsp3) is 0.0333. The Hall–Kier alpha value is -3.72. The third-order valence-corrected chi connectivity index (χ3v) is 5.99. The first-order valence-corrected chi connectivity index (χ1v) is 11.0. The molecular formula is C30H20IrN3-. The molecule has 0 N–H and O–H groups in total. The molecule has 0 atom stereocenters. The van der Waals surface area contributed by atoms with Gasteiger partial charge in [0.25, 0.3) is 0 Å². The first-order valence-electron chi connectivity index (χ1n) is 11.0. The molecule has 3 aromatic carbocycles. The maximum Gasteiger partial charge on any atom is 0.0967 e. The summed E-state index contributed by atoms with van der Waals surface area (Å²) in [6.45, 7) is 2.11. The molecule has 0 amide bonds. The van der Waals surface area contributed by atoms with Crippen LogP contribution in [-0.2, 0) is 20.1 Å². The standard InChI is InChI=1S/C17H10N.C13H10N2.Ir/c1-2-5-12(6-3-1)16-11-14-10-9-13-7-4-8-15(18-16)17(13)14;1-9-8-10-4-2-6-14-12(10)13-11(9)5-3-7-15-13;/h1-5,7-11H;2-8H,1H3;/q-1;;. The largest absolute Gasteiger partial charge is 0.296 e. The van der Waals surface area contributed by atoms with Crippen molar-refractivity contribution in [1.29, 1.82) is 0 Å². The van der Waals surface area contributed by atoms with Gasteiger partial charge < -0.3 is 0 Å². The monoisotopic (exact) mass is 615 g/mol. The summed E-state index contributed by atoms with van der Waals surface area (Å²) in [5.74, 6) is 0. The Balaban J connectivity index is 0.000000140. The molecule has 4 heteroatoms. The van der Waals surface area contributed by atoms with Crippen LogP contribution in [0.25, 0.3) is 56.1 Å². The maximum absolute atomic E-state index is 4.74. The summed E-state index contributed by atoms with van der Waals surface area (Å²) in [7, 11) is 0. The molecule has 0 bridgehead atoms. The van der Waals surface area contributed by atoms with Gasteiger partial charge in [0.05, 0.1) is 16.6 Å². The third-order valence-electron chi connectivity index (χ3n) is 5.99. The number of aromatic nitrogens is 3. The minimum Gasteiger partial charge on any atom is -0.296 e. The van der Waals surface area contributed by atoms with E-state index in [-0.39, 0.29) is 20.1 Å². The Kier molecular flexibility index (Phi) is 6.02. The summed E-state index contributed by atoms with van der Waals surface area (Å²) in [6.07, 6.45) is 7.94. The van der Waals surface area contributed by atoms with Crippen molar-refractivity contribution in [3.63, 3.8) is 0 Å². The van der Waals surface area contributed by atoms with Crippen molar-refractivity contribution >= 4 is 44.9 Å². The Morgan fingerprint density at radius 2 is 1.56 bits per heavy atom. The molecule has 0 fully saturated rings. The average Bonchev–Trinajstić information content (AvgIpc) is 3.30. The van der Waals surface area contributed by atoms with E-state index in [4.69, 9.17) is 4.98 Å². The van der Waals surface area contributed by atoms with Gasteiger partial charge in [-0.1, -0.05) is 42.5 Å². The first-order chi connectivity index (χ1) is 16.3. The van der Waals surface area contributed by atoms with E-state index in [2.05, 4.69) is 77.6 Å². The molecule has 3 heterocycles. The Labute approximate surface area is 211 Å². The minimum atomic E-state index is 0. The van der Waals surface area contributed by atoms with Crippen molar-refractivity contribution in [2.24, 2.45) is 0 Å². The van der Waals surface area contributed by atoms with E-state index < -0.39 is 0 Å². The molecule has 6 aromatic rings. The number of fused-ring (bicyclic) bond motifs is 3. The molecular weight excluding hydrogens is 595 g/mol. The average molecular weight is 615 g/mol. The van der Waals surface area contributed by atoms with Gasteiger partial charge in [-0.25, -0.2) is 0 Å². The quantitative estimate of drug-likeness (QED) is 0.144. The zero-order valence-corrected chi connectivity index (χ0v) is 20.9. The Morgan fingerprint density at radius 3 is 2.41 bits per heavy atom. The van der Waals surface area contributed by atoms with E-state index in [1.54, 1.807) is 0 Å². The van der Waals surface area contributed by atoms with Gasteiger partial charge >= 0.3 is 0 Å². The van der Waals surface area contributed by atoms with Gasteiger partial charge in [-0.15, -0.1) is 35.9 Å². The van der Waals surface area contributed by atoms with E-state index in [1.165, 1.54) is 27.5 Å². The zero-order chi connectivity index (χ0) is 22.2. The van der Waals surface area contributed by atoms with Crippen LogP contribution in [0.5, 0.6) is 0 Å². The van der Waals surface area contributed by atoms with Gasteiger partial charge in [0.2, 0.25) is 0 Å². The van der Waals surface area contributed by atoms with Gasteiger partial charge in [0.1, 0.15) is 0 Å². The molecule has 7 rings (SSSR count). The number of nitrogens with zero attached hydrogens (tertiary/aromatic N) is 3. The summed E-state index contributed by atoms with van der Waals surface area (Å²) >= 11 is 0. The van der Waals surface area contributed by atoms with E-state index in [1.807, 2.05) is 48.8 Å². The van der Waals surface area contributed by atoms with Crippen molar-refractivity contribution in [1.82, 2.24) is 15.0 Å².